The molecule has 0 saturated heterocycles. The van der Waals surface area contributed by atoms with Gasteiger partial charge in [0.15, 0.2) is 0 Å². The molecule has 0 aliphatic heterocycles. The van der Waals surface area contributed by atoms with Crippen LogP contribution in [-0.2, 0) is 11.2 Å². The molecule has 1 heterocycles. The number of H-pyrrole nitrogens is 1. The minimum absolute atomic E-state index is 0.0110. The first-order valence-corrected chi connectivity index (χ1v) is 7.05. The average molecular weight is 278 g/mol. The Bertz CT molecular complexity index is 802. The molecule has 21 heavy (non-hydrogen) atoms. The predicted octanol–water partition coefficient (Wildman–Crippen LogP) is 3.97. The van der Waals surface area contributed by atoms with Gasteiger partial charge >= 0.3 is 0 Å². The van der Waals surface area contributed by atoms with Gasteiger partial charge in [0.25, 0.3) is 0 Å². The summed E-state index contributed by atoms with van der Waals surface area (Å²) in [7, 11) is 0. The minimum atomic E-state index is 0.0110. The quantitative estimate of drug-likeness (QED) is 0.748. The van der Waals surface area contributed by atoms with Gasteiger partial charge in [0.1, 0.15) is 0 Å². The molecule has 0 fully saturated rings. The van der Waals surface area contributed by atoms with E-state index < -0.39 is 0 Å². The number of nitrogens with one attached hydrogen (secondary N) is 2. The second kappa shape index (κ2) is 5.44. The third-order valence-electron chi connectivity index (χ3n) is 3.64. The monoisotopic (exact) mass is 278 g/mol. The van der Waals surface area contributed by atoms with Gasteiger partial charge in [0, 0.05) is 17.4 Å². The van der Waals surface area contributed by atoms with Gasteiger partial charge in [-0.3, -0.25) is 4.79 Å². The summed E-state index contributed by atoms with van der Waals surface area (Å²) in [5, 5.41) is 4.11. The van der Waals surface area contributed by atoms with Crippen LogP contribution in [0.4, 0.5) is 5.69 Å². The van der Waals surface area contributed by atoms with Crippen molar-refractivity contribution in [3.63, 3.8) is 0 Å². The molecule has 3 nitrogen and oxygen atoms in total. The highest BCUT2D eigenvalue weighted by molar-refractivity contribution is 5.93. The van der Waals surface area contributed by atoms with Gasteiger partial charge in [-0.15, -0.1) is 0 Å². The van der Waals surface area contributed by atoms with E-state index in [4.69, 9.17) is 0 Å². The highest BCUT2D eigenvalue weighted by Crippen LogP contribution is 2.18. The van der Waals surface area contributed by atoms with Crippen LogP contribution in [0.25, 0.3) is 10.9 Å². The zero-order valence-electron chi connectivity index (χ0n) is 12.2. The standard InChI is InChI=1S/C18H18N2O/c1-12-3-5-16(13(2)9-12)20-18(21)11-14-4-6-17-15(10-14)7-8-19-17/h3-10,19H,11H2,1-2H3,(H,20,21). The number of benzene rings is 2. The van der Waals surface area contributed by atoms with Crippen LogP contribution in [0.5, 0.6) is 0 Å². The van der Waals surface area contributed by atoms with Crippen LogP contribution in [0, 0.1) is 13.8 Å². The molecule has 1 aromatic heterocycles. The summed E-state index contributed by atoms with van der Waals surface area (Å²) in [6.45, 7) is 4.05. The Hall–Kier alpha value is -2.55. The van der Waals surface area contributed by atoms with Crippen LogP contribution >= 0.6 is 0 Å². The van der Waals surface area contributed by atoms with Crippen molar-refractivity contribution in [2.24, 2.45) is 0 Å². The zero-order chi connectivity index (χ0) is 14.8. The van der Waals surface area contributed by atoms with Crippen molar-refractivity contribution in [3.05, 3.63) is 65.4 Å². The van der Waals surface area contributed by atoms with Crippen LogP contribution in [0.15, 0.2) is 48.7 Å². The van der Waals surface area contributed by atoms with Crippen LogP contribution in [0.2, 0.25) is 0 Å². The van der Waals surface area contributed by atoms with Gasteiger partial charge < -0.3 is 10.3 Å². The lowest BCUT2D eigenvalue weighted by molar-refractivity contribution is -0.115. The fourth-order valence-electron chi connectivity index (χ4n) is 2.55. The smallest absolute Gasteiger partial charge is 0.228 e. The molecule has 1 amide bonds. The number of hydrogen-bond donors (Lipinski definition) is 2. The van der Waals surface area contributed by atoms with E-state index in [0.29, 0.717) is 6.42 Å². The van der Waals surface area contributed by atoms with E-state index in [9.17, 15) is 4.79 Å². The molecule has 0 saturated carbocycles. The Morgan fingerprint density at radius 1 is 1.10 bits per heavy atom. The Kier molecular flexibility index (Phi) is 3.48. The summed E-state index contributed by atoms with van der Waals surface area (Å²) in [5.41, 5.74) is 5.28. The van der Waals surface area contributed by atoms with Gasteiger partial charge in [-0.1, -0.05) is 23.8 Å². The summed E-state index contributed by atoms with van der Waals surface area (Å²) < 4.78 is 0. The van der Waals surface area contributed by atoms with Gasteiger partial charge in [0.05, 0.1) is 6.42 Å². The van der Waals surface area contributed by atoms with E-state index in [1.807, 2.05) is 56.4 Å². The molecule has 0 aliphatic carbocycles. The summed E-state index contributed by atoms with van der Waals surface area (Å²) in [6.07, 6.45) is 2.29. The van der Waals surface area contributed by atoms with Crippen LogP contribution in [0.3, 0.4) is 0 Å². The fraction of sp³-hybridized carbons (Fsp3) is 0.167. The first-order chi connectivity index (χ1) is 10.1. The number of aryl methyl sites for hydroxylation is 2. The van der Waals surface area contributed by atoms with Gasteiger partial charge in [-0.25, -0.2) is 0 Å². The SMILES string of the molecule is Cc1ccc(NC(=O)Cc2ccc3[nH]ccc3c2)c(C)c1. The zero-order valence-corrected chi connectivity index (χ0v) is 12.2. The number of amides is 1. The van der Waals surface area contributed by atoms with Crippen molar-refractivity contribution >= 4 is 22.5 Å². The van der Waals surface area contributed by atoms with Gasteiger partial charge in [-0.05, 0) is 54.6 Å². The molecule has 0 unspecified atom stereocenters. The number of hydrogen-bond acceptors (Lipinski definition) is 1. The number of carbonyl (C=O) groups excluding carboxylic acids is 1. The number of fused-ring (bicyclic) bond motifs is 1. The van der Waals surface area contributed by atoms with Crippen molar-refractivity contribution in [1.82, 2.24) is 4.98 Å². The third-order valence-corrected chi connectivity index (χ3v) is 3.64. The molecule has 3 aromatic rings. The van der Waals surface area contributed by atoms with Crippen LogP contribution in [0.1, 0.15) is 16.7 Å². The molecule has 0 bridgehead atoms. The normalized spacial score (nSPS) is 10.8. The van der Waals surface area contributed by atoms with E-state index in [-0.39, 0.29) is 5.91 Å². The molecule has 0 spiro atoms. The number of carbonyl (C=O) groups is 1. The Morgan fingerprint density at radius 2 is 1.95 bits per heavy atom. The molecule has 3 rings (SSSR count). The van der Waals surface area contributed by atoms with E-state index in [1.165, 1.54) is 5.56 Å². The summed E-state index contributed by atoms with van der Waals surface area (Å²) in [6, 6.07) is 14.1. The van der Waals surface area contributed by atoms with Crippen LogP contribution < -0.4 is 5.32 Å². The predicted molar refractivity (Wildman–Crippen MR) is 86.5 cm³/mol. The van der Waals surface area contributed by atoms with E-state index in [1.54, 1.807) is 0 Å². The Morgan fingerprint density at radius 3 is 2.76 bits per heavy atom. The van der Waals surface area contributed by atoms with E-state index in [2.05, 4.69) is 16.4 Å². The number of rotatable bonds is 3. The minimum Gasteiger partial charge on any atom is -0.361 e. The van der Waals surface area contributed by atoms with E-state index >= 15 is 0 Å². The van der Waals surface area contributed by atoms with Crippen molar-refractivity contribution in [2.45, 2.75) is 20.3 Å². The van der Waals surface area contributed by atoms with Gasteiger partial charge in [0.2, 0.25) is 5.91 Å². The van der Waals surface area contributed by atoms with Crippen molar-refractivity contribution in [1.29, 1.82) is 0 Å². The lowest BCUT2D eigenvalue weighted by Crippen LogP contribution is -2.15. The molecule has 0 radical (unpaired) electrons. The van der Waals surface area contributed by atoms with Crippen molar-refractivity contribution in [2.75, 3.05) is 5.32 Å². The summed E-state index contributed by atoms with van der Waals surface area (Å²) in [5.74, 6) is 0.0110. The molecule has 3 heteroatoms. The van der Waals surface area contributed by atoms with Gasteiger partial charge in [-0.2, -0.15) is 0 Å². The highest BCUT2D eigenvalue weighted by Gasteiger charge is 2.07. The van der Waals surface area contributed by atoms with Crippen LogP contribution in [-0.4, -0.2) is 10.9 Å². The summed E-state index contributed by atoms with van der Waals surface area (Å²) in [4.78, 5) is 15.3. The molecule has 2 N–H and O–H groups in total. The first-order valence-electron chi connectivity index (χ1n) is 7.05. The fourth-order valence-corrected chi connectivity index (χ4v) is 2.55. The first kappa shape index (κ1) is 13.4. The molecule has 2 aromatic carbocycles. The van der Waals surface area contributed by atoms with E-state index in [0.717, 1.165) is 27.7 Å². The third kappa shape index (κ3) is 2.97. The molecule has 0 aliphatic rings. The largest absolute Gasteiger partial charge is 0.361 e. The Labute approximate surface area is 124 Å². The lowest BCUT2D eigenvalue weighted by atomic mass is 10.1. The summed E-state index contributed by atoms with van der Waals surface area (Å²) >= 11 is 0. The average Bonchev–Trinajstić information content (AvgIpc) is 2.89. The second-order valence-electron chi connectivity index (χ2n) is 5.44. The maximum atomic E-state index is 12.2. The van der Waals surface area contributed by atoms with Crippen molar-refractivity contribution in [3.8, 4) is 0 Å². The van der Waals surface area contributed by atoms with Crippen molar-refractivity contribution < 1.29 is 4.79 Å². The number of aromatic amines is 1. The Balaban J connectivity index is 1.73. The maximum absolute atomic E-state index is 12.2. The molecular weight excluding hydrogens is 260 g/mol. The highest BCUT2D eigenvalue weighted by atomic mass is 16.1. The number of aromatic nitrogens is 1. The molecule has 106 valence electrons. The topological polar surface area (TPSA) is 44.9 Å². The molecular formula is C18H18N2O. The maximum Gasteiger partial charge on any atom is 0.228 e. The molecule has 0 atom stereocenters. The lowest BCUT2D eigenvalue weighted by Gasteiger charge is -2.09. The number of anilines is 1. The second-order valence-corrected chi connectivity index (χ2v) is 5.44.